The lowest BCUT2D eigenvalue weighted by Gasteiger charge is -2.32. The number of hydrogen-bond donors (Lipinski definition) is 1. The predicted octanol–water partition coefficient (Wildman–Crippen LogP) is 7.12. The van der Waals surface area contributed by atoms with Crippen molar-refractivity contribution in [2.24, 2.45) is 0 Å². The van der Waals surface area contributed by atoms with E-state index in [1.807, 2.05) is 58.9 Å². The highest BCUT2D eigenvalue weighted by molar-refractivity contribution is 5.88. The van der Waals surface area contributed by atoms with E-state index < -0.39 is 11.9 Å². The molecule has 10 heteroatoms. The summed E-state index contributed by atoms with van der Waals surface area (Å²) in [5, 5.41) is 3.07. The smallest absolute Gasteiger partial charge is 0.421 e. The largest absolute Gasteiger partial charge is 0.490 e. The van der Waals surface area contributed by atoms with E-state index in [2.05, 4.69) is 38.2 Å². The van der Waals surface area contributed by atoms with Gasteiger partial charge in [0, 0.05) is 50.7 Å². The summed E-state index contributed by atoms with van der Waals surface area (Å²) in [6.07, 6.45) is 1.82. The molecule has 5 rings (SSSR count). The maximum absolute atomic E-state index is 15.0. The number of carbonyl (C=O) groups excluding carboxylic acids is 1. The Labute approximate surface area is 277 Å². The van der Waals surface area contributed by atoms with Gasteiger partial charge in [0.05, 0.1) is 13.2 Å². The van der Waals surface area contributed by atoms with E-state index in [1.165, 1.54) is 11.0 Å². The number of benzene rings is 3. The van der Waals surface area contributed by atoms with Crippen molar-refractivity contribution in [1.82, 2.24) is 19.8 Å². The van der Waals surface area contributed by atoms with Crippen molar-refractivity contribution in [2.45, 2.75) is 47.6 Å². The first-order valence-corrected chi connectivity index (χ1v) is 16.1. The first-order valence-electron chi connectivity index (χ1n) is 16.1. The Morgan fingerprint density at radius 3 is 2.28 bits per heavy atom. The summed E-state index contributed by atoms with van der Waals surface area (Å²) >= 11 is 0. The van der Waals surface area contributed by atoms with Gasteiger partial charge in [0.15, 0.2) is 11.6 Å². The van der Waals surface area contributed by atoms with Crippen LogP contribution in [0.15, 0.2) is 60.8 Å². The van der Waals surface area contributed by atoms with E-state index in [0.29, 0.717) is 23.9 Å². The molecule has 0 saturated carbocycles. The van der Waals surface area contributed by atoms with Gasteiger partial charge in [-0.1, -0.05) is 47.0 Å². The number of piperazine rings is 1. The minimum absolute atomic E-state index is 0.202. The summed E-state index contributed by atoms with van der Waals surface area (Å²) in [6, 6.07) is 16.5. The molecule has 0 spiro atoms. The molecule has 0 atom stereocenters. The molecule has 0 aliphatic carbocycles. The second kappa shape index (κ2) is 15.4. The quantitative estimate of drug-likeness (QED) is 0.174. The van der Waals surface area contributed by atoms with Crippen LogP contribution in [0, 0.1) is 40.4 Å². The average Bonchev–Trinajstić information content (AvgIpc) is 3.01. The summed E-state index contributed by atoms with van der Waals surface area (Å²) in [7, 11) is 2.14. The molecule has 4 aromatic rings. The van der Waals surface area contributed by atoms with Gasteiger partial charge in [-0.15, -0.1) is 0 Å². The molecule has 1 aliphatic rings. The maximum atomic E-state index is 15.0. The molecule has 9 nitrogen and oxygen atoms in total. The summed E-state index contributed by atoms with van der Waals surface area (Å²) in [5.41, 5.74) is 6.41. The topological polar surface area (TPSA) is 83.1 Å². The van der Waals surface area contributed by atoms with Crippen LogP contribution >= 0.6 is 0 Å². The second-order valence-corrected chi connectivity index (χ2v) is 12.5. The Balaban J connectivity index is 1.29. The van der Waals surface area contributed by atoms with E-state index in [9.17, 15) is 4.79 Å². The predicted molar refractivity (Wildman–Crippen MR) is 185 cm³/mol. The number of carbonyl (C=O) groups is 1. The van der Waals surface area contributed by atoms with Crippen LogP contribution in [0.25, 0.3) is 0 Å². The number of nitrogens with one attached hydrogen (secondary N) is 1. The minimum Gasteiger partial charge on any atom is -0.490 e. The van der Waals surface area contributed by atoms with Gasteiger partial charge in [-0.2, -0.15) is 4.98 Å². The molecule has 0 bridgehead atoms. The number of likely N-dealkylation sites (N-methyl/N-ethyl adjacent to an activating group) is 1. The molecule has 1 amide bonds. The standard InChI is InChI=1S/C37H45FN6O3/c1-25-18-26(2)22-30(21-25)24-44(37(45)47-35-28(4)19-27(3)20-29(35)5)34-10-11-39-36(41-34)40-31-8-9-33(32(38)23-31)46-17-7-12-43-15-13-42(6)14-16-43/h8-11,18-23H,7,12-17,24H2,1-6H3,(H,39,40,41). The molecule has 3 aromatic carbocycles. The minimum atomic E-state index is -0.566. The lowest BCUT2D eigenvalue weighted by atomic mass is 10.1. The highest BCUT2D eigenvalue weighted by atomic mass is 19.1. The van der Waals surface area contributed by atoms with Crippen LogP contribution in [0.2, 0.25) is 0 Å². The molecule has 1 aromatic heterocycles. The van der Waals surface area contributed by atoms with Crippen molar-refractivity contribution in [1.29, 1.82) is 0 Å². The van der Waals surface area contributed by atoms with Crippen LogP contribution in [0.1, 0.15) is 39.8 Å². The van der Waals surface area contributed by atoms with Crippen molar-refractivity contribution in [3.8, 4) is 11.5 Å². The lowest BCUT2D eigenvalue weighted by molar-refractivity contribution is 0.145. The molecule has 1 N–H and O–H groups in total. The first-order chi connectivity index (χ1) is 22.5. The van der Waals surface area contributed by atoms with Crippen LogP contribution in [0.5, 0.6) is 11.5 Å². The van der Waals surface area contributed by atoms with Crippen molar-refractivity contribution < 1.29 is 18.7 Å². The molecule has 47 heavy (non-hydrogen) atoms. The monoisotopic (exact) mass is 640 g/mol. The number of nitrogens with zero attached hydrogens (tertiary/aromatic N) is 5. The molecule has 1 aliphatic heterocycles. The average molecular weight is 641 g/mol. The number of amides is 1. The third-order valence-corrected chi connectivity index (χ3v) is 8.21. The normalized spacial score (nSPS) is 13.8. The molecule has 0 radical (unpaired) electrons. The van der Waals surface area contributed by atoms with Crippen LogP contribution in [0.4, 0.5) is 26.6 Å². The Morgan fingerprint density at radius 2 is 1.60 bits per heavy atom. The summed E-state index contributed by atoms with van der Waals surface area (Å²) in [5.74, 6) is 0.802. The van der Waals surface area contributed by atoms with Gasteiger partial charge in [0.1, 0.15) is 11.6 Å². The number of ether oxygens (including phenoxy) is 2. The van der Waals surface area contributed by atoms with Crippen molar-refractivity contribution >= 4 is 23.5 Å². The zero-order valence-corrected chi connectivity index (χ0v) is 28.3. The maximum Gasteiger partial charge on any atom is 0.421 e. The SMILES string of the molecule is Cc1cc(C)cc(CN(C(=O)Oc2c(C)cc(C)cc2C)c2ccnc(Nc3ccc(OCCCN4CCN(C)CC4)c(F)c3)n2)c1. The van der Waals surface area contributed by atoms with Crippen LogP contribution < -0.4 is 19.7 Å². The van der Waals surface area contributed by atoms with Crippen LogP contribution in [0.3, 0.4) is 0 Å². The van der Waals surface area contributed by atoms with E-state index in [4.69, 9.17) is 9.47 Å². The van der Waals surface area contributed by atoms with Gasteiger partial charge in [-0.3, -0.25) is 4.90 Å². The molecule has 0 unspecified atom stereocenters. The third kappa shape index (κ3) is 9.27. The van der Waals surface area contributed by atoms with Gasteiger partial charge >= 0.3 is 6.09 Å². The molecule has 1 fully saturated rings. The molecule has 1 saturated heterocycles. The molecular weight excluding hydrogens is 595 g/mol. The Morgan fingerprint density at radius 1 is 0.915 bits per heavy atom. The zero-order chi connectivity index (χ0) is 33.5. The van der Waals surface area contributed by atoms with E-state index >= 15 is 4.39 Å². The van der Waals surface area contributed by atoms with Crippen molar-refractivity contribution in [2.75, 3.05) is 56.6 Å². The number of anilines is 3. The molecular formula is C37H45FN6O3. The number of rotatable bonds is 11. The number of aryl methyl sites for hydroxylation is 5. The summed E-state index contributed by atoms with van der Waals surface area (Å²) in [4.78, 5) is 29.0. The summed E-state index contributed by atoms with van der Waals surface area (Å²) < 4.78 is 26.7. The third-order valence-electron chi connectivity index (χ3n) is 8.21. The lowest BCUT2D eigenvalue weighted by Crippen LogP contribution is -2.44. The second-order valence-electron chi connectivity index (χ2n) is 12.5. The van der Waals surface area contributed by atoms with Crippen LogP contribution in [-0.4, -0.2) is 72.2 Å². The van der Waals surface area contributed by atoms with Crippen LogP contribution in [-0.2, 0) is 6.54 Å². The van der Waals surface area contributed by atoms with Crippen molar-refractivity contribution in [3.05, 3.63) is 100.0 Å². The first kappa shape index (κ1) is 33.8. The Hall–Kier alpha value is -4.54. The Bertz CT molecular complexity index is 1660. The number of aromatic nitrogens is 2. The fraction of sp³-hybridized carbons (Fsp3) is 0.378. The van der Waals surface area contributed by atoms with Crippen molar-refractivity contribution in [3.63, 3.8) is 0 Å². The van der Waals surface area contributed by atoms with E-state index in [1.54, 1.807) is 24.4 Å². The highest BCUT2D eigenvalue weighted by Crippen LogP contribution is 2.28. The zero-order valence-electron chi connectivity index (χ0n) is 28.3. The molecule has 2 heterocycles. The fourth-order valence-electron chi connectivity index (χ4n) is 5.98. The number of halogens is 1. The van der Waals surface area contributed by atoms with E-state index in [-0.39, 0.29) is 18.2 Å². The van der Waals surface area contributed by atoms with Gasteiger partial charge < -0.3 is 24.6 Å². The van der Waals surface area contributed by atoms with Gasteiger partial charge in [-0.05, 0) is 83.0 Å². The van der Waals surface area contributed by atoms with Gasteiger partial charge in [0.2, 0.25) is 5.95 Å². The number of hydrogen-bond acceptors (Lipinski definition) is 8. The van der Waals surface area contributed by atoms with E-state index in [0.717, 1.165) is 72.5 Å². The van der Waals surface area contributed by atoms with Gasteiger partial charge in [-0.25, -0.2) is 14.2 Å². The summed E-state index contributed by atoms with van der Waals surface area (Å²) in [6.45, 7) is 15.7. The fourth-order valence-corrected chi connectivity index (χ4v) is 5.98. The van der Waals surface area contributed by atoms with Gasteiger partial charge in [0.25, 0.3) is 0 Å². The highest BCUT2D eigenvalue weighted by Gasteiger charge is 2.23. The Kier molecular flexibility index (Phi) is 11.1. The molecule has 248 valence electrons.